The van der Waals surface area contributed by atoms with Crippen molar-refractivity contribution in [2.24, 2.45) is 5.92 Å². The zero-order chi connectivity index (χ0) is 22.3. The highest BCUT2D eigenvalue weighted by Gasteiger charge is 2.52. The smallest absolute Gasteiger partial charge is 0.256 e. The normalized spacial score (nSPS) is 22.7. The van der Waals surface area contributed by atoms with E-state index in [1.165, 1.54) is 17.0 Å². The van der Waals surface area contributed by atoms with Crippen LogP contribution in [0.2, 0.25) is 0 Å². The Kier molecular flexibility index (Phi) is 5.70. The molecule has 2 aromatic carbocycles. The van der Waals surface area contributed by atoms with Crippen LogP contribution in [0.1, 0.15) is 41.6 Å². The quantitative estimate of drug-likeness (QED) is 0.683. The van der Waals surface area contributed by atoms with Crippen molar-refractivity contribution in [2.75, 3.05) is 18.4 Å². The van der Waals surface area contributed by atoms with Gasteiger partial charge >= 0.3 is 0 Å². The van der Waals surface area contributed by atoms with Crippen LogP contribution in [0, 0.1) is 30.3 Å². The van der Waals surface area contributed by atoms with E-state index in [0.717, 1.165) is 25.0 Å². The molecule has 1 aliphatic carbocycles. The van der Waals surface area contributed by atoms with Crippen LogP contribution < -0.4 is 5.32 Å². The second-order valence-electron chi connectivity index (χ2n) is 8.62. The average molecular weight is 434 g/mol. The molecule has 2 atom stereocenters. The zero-order valence-electron chi connectivity index (χ0n) is 17.2. The van der Waals surface area contributed by atoms with Gasteiger partial charge < -0.3 is 20.4 Å². The van der Waals surface area contributed by atoms with Gasteiger partial charge in [-0.2, -0.15) is 0 Å². The number of hydrogen-bond donors (Lipinski definition) is 3. The lowest BCUT2D eigenvalue weighted by Gasteiger charge is -2.52. The summed E-state index contributed by atoms with van der Waals surface area (Å²) < 4.78 is 42.7. The fourth-order valence-corrected chi connectivity index (χ4v) is 4.61. The highest BCUT2D eigenvalue weighted by atomic mass is 19.2. The molecule has 1 aliphatic heterocycles. The molecule has 3 N–H and O–H groups in total. The first-order chi connectivity index (χ1) is 14.7. The second-order valence-corrected chi connectivity index (χ2v) is 8.62. The number of benzene rings is 2. The van der Waals surface area contributed by atoms with Crippen molar-refractivity contribution in [3.8, 4) is 0 Å². The van der Waals surface area contributed by atoms with E-state index < -0.39 is 40.8 Å². The maximum Gasteiger partial charge on any atom is 0.256 e. The largest absolute Gasteiger partial charge is 0.393 e. The highest BCUT2D eigenvalue weighted by Crippen LogP contribution is 2.40. The Hall–Kier alpha value is -2.58. The minimum Gasteiger partial charge on any atom is -0.393 e. The first kappa shape index (κ1) is 21.6. The topological polar surface area (TPSA) is 72.8 Å². The molecule has 1 saturated carbocycles. The lowest BCUT2D eigenvalue weighted by molar-refractivity contribution is -0.156. The molecule has 0 spiro atoms. The lowest BCUT2D eigenvalue weighted by atomic mass is 9.71. The third-order valence-electron chi connectivity index (χ3n) is 6.35. The van der Waals surface area contributed by atoms with Crippen molar-refractivity contribution in [1.29, 1.82) is 0 Å². The van der Waals surface area contributed by atoms with Crippen molar-refractivity contribution >= 4 is 17.3 Å². The Balaban J connectivity index is 1.57. The molecule has 1 heterocycles. The molecule has 31 heavy (non-hydrogen) atoms. The number of aliphatic hydroxyl groups excluding tert-OH is 1. The maximum atomic E-state index is 14.6. The SMILES string of the molecule is Cc1ccc(Nc2c(C(=O)N3CC(O)([C@H]4CCCC[C@H]4O)C3)ccc(F)c2F)c(F)c1. The third-order valence-corrected chi connectivity index (χ3v) is 6.35. The molecule has 2 aromatic rings. The first-order valence-electron chi connectivity index (χ1n) is 10.4. The summed E-state index contributed by atoms with van der Waals surface area (Å²) in [7, 11) is 0. The van der Waals surface area contributed by atoms with Crippen LogP contribution in [0.15, 0.2) is 30.3 Å². The average Bonchev–Trinajstić information content (AvgIpc) is 2.71. The Morgan fingerprint density at radius 3 is 2.48 bits per heavy atom. The number of carbonyl (C=O) groups excluding carboxylic acids is 1. The number of carbonyl (C=O) groups is 1. The molecule has 0 unspecified atom stereocenters. The fraction of sp³-hybridized carbons (Fsp3) is 0.435. The number of hydrogen-bond acceptors (Lipinski definition) is 4. The van der Waals surface area contributed by atoms with E-state index >= 15 is 0 Å². The van der Waals surface area contributed by atoms with Gasteiger partial charge in [0, 0.05) is 5.92 Å². The monoisotopic (exact) mass is 434 g/mol. The Morgan fingerprint density at radius 2 is 1.81 bits per heavy atom. The fourth-order valence-electron chi connectivity index (χ4n) is 4.61. The molecule has 166 valence electrons. The molecule has 1 saturated heterocycles. The van der Waals surface area contributed by atoms with Gasteiger partial charge in [-0.15, -0.1) is 0 Å². The summed E-state index contributed by atoms with van der Waals surface area (Å²) in [6.45, 7) is 1.68. The molecule has 4 rings (SSSR count). The Morgan fingerprint density at radius 1 is 1.10 bits per heavy atom. The van der Waals surface area contributed by atoms with E-state index in [1.807, 2.05) is 0 Å². The predicted octanol–water partition coefficient (Wildman–Crippen LogP) is 3.89. The van der Waals surface area contributed by atoms with E-state index in [2.05, 4.69) is 5.32 Å². The second kappa shape index (κ2) is 8.16. The summed E-state index contributed by atoms with van der Waals surface area (Å²) >= 11 is 0. The summed E-state index contributed by atoms with van der Waals surface area (Å²) in [5.41, 5.74) is -1.26. The molecular weight excluding hydrogens is 409 g/mol. The van der Waals surface area contributed by atoms with Gasteiger partial charge in [0.15, 0.2) is 11.6 Å². The summed E-state index contributed by atoms with van der Waals surface area (Å²) in [6.07, 6.45) is 2.46. The number of amides is 1. The number of nitrogens with zero attached hydrogens (tertiary/aromatic N) is 1. The minimum absolute atomic E-state index is 0.00904. The van der Waals surface area contributed by atoms with Crippen LogP contribution in [-0.2, 0) is 0 Å². The summed E-state index contributed by atoms with van der Waals surface area (Å²) in [5.74, 6) is -4.05. The third kappa shape index (κ3) is 4.02. The number of halogens is 3. The number of anilines is 2. The number of likely N-dealkylation sites (tertiary alicyclic amines) is 1. The molecule has 0 aromatic heterocycles. The van der Waals surface area contributed by atoms with Gasteiger partial charge in [-0.05, 0) is 49.6 Å². The Labute approximate surface area is 178 Å². The molecular formula is C23H25F3N2O3. The number of β-amino-alcohol motifs (C(OH)–C–C–N with tert-alkyl or cyclic N) is 1. The standard InChI is InChI=1S/C23H25F3N2O3/c1-13-6-9-18(17(25)10-13)27-21-14(7-8-16(24)20(21)26)22(30)28-11-23(31,12-28)15-4-2-3-5-19(15)29/h6-10,15,19,27,29,31H,2-5,11-12H2,1H3/t15-,19+/m0/s1. The molecule has 1 amide bonds. The molecule has 5 nitrogen and oxygen atoms in total. The predicted molar refractivity (Wildman–Crippen MR) is 110 cm³/mol. The van der Waals surface area contributed by atoms with Gasteiger partial charge in [0.25, 0.3) is 5.91 Å². The van der Waals surface area contributed by atoms with Crippen molar-refractivity contribution in [3.05, 3.63) is 58.9 Å². The number of rotatable bonds is 4. The van der Waals surface area contributed by atoms with Crippen molar-refractivity contribution in [3.63, 3.8) is 0 Å². The Bertz CT molecular complexity index is 1010. The van der Waals surface area contributed by atoms with Gasteiger partial charge in [0.05, 0.1) is 36.1 Å². The van der Waals surface area contributed by atoms with Gasteiger partial charge in [-0.3, -0.25) is 4.79 Å². The number of nitrogens with one attached hydrogen (secondary N) is 1. The van der Waals surface area contributed by atoms with Gasteiger partial charge in [0.1, 0.15) is 11.4 Å². The van der Waals surface area contributed by atoms with Crippen LogP contribution >= 0.6 is 0 Å². The van der Waals surface area contributed by atoms with E-state index in [1.54, 1.807) is 13.0 Å². The van der Waals surface area contributed by atoms with Crippen molar-refractivity contribution in [1.82, 2.24) is 4.90 Å². The van der Waals surface area contributed by atoms with Gasteiger partial charge in [-0.25, -0.2) is 13.2 Å². The van der Waals surface area contributed by atoms with Crippen LogP contribution in [0.5, 0.6) is 0 Å². The first-order valence-corrected chi connectivity index (χ1v) is 10.4. The van der Waals surface area contributed by atoms with Crippen LogP contribution in [0.3, 0.4) is 0 Å². The van der Waals surface area contributed by atoms with E-state index in [-0.39, 0.29) is 30.3 Å². The van der Waals surface area contributed by atoms with Crippen LogP contribution in [-0.4, -0.2) is 45.8 Å². The molecule has 0 radical (unpaired) electrons. The highest BCUT2D eigenvalue weighted by molar-refractivity contribution is 6.01. The summed E-state index contributed by atoms with van der Waals surface area (Å²) in [4.78, 5) is 14.3. The van der Waals surface area contributed by atoms with E-state index in [4.69, 9.17) is 0 Å². The number of aliphatic hydroxyl groups is 2. The summed E-state index contributed by atoms with van der Waals surface area (Å²) in [5, 5.41) is 23.6. The number of aryl methyl sites for hydroxylation is 1. The van der Waals surface area contributed by atoms with Crippen molar-refractivity contribution < 1.29 is 28.2 Å². The van der Waals surface area contributed by atoms with Crippen LogP contribution in [0.4, 0.5) is 24.5 Å². The van der Waals surface area contributed by atoms with Gasteiger partial charge in [-0.1, -0.05) is 18.9 Å². The zero-order valence-corrected chi connectivity index (χ0v) is 17.2. The minimum atomic E-state index is -1.29. The summed E-state index contributed by atoms with van der Waals surface area (Å²) in [6, 6.07) is 6.22. The molecule has 0 bridgehead atoms. The van der Waals surface area contributed by atoms with Crippen molar-refractivity contribution in [2.45, 2.75) is 44.3 Å². The van der Waals surface area contributed by atoms with E-state index in [0.29, 0.717) is 18.4 Å². The lowest BCUT2D eigenvalue weighted by Crippen LogP contribution is -2.68. The molecule has 8 heteroatoms. The molecule has 2 aliphatic rings. The van der Waals surface area contributed by atoms with Gasteiger partial charge in [0.2, 0.25) is 0 Å². The van der Waals surface area contributed by atoms with Crippen LogP contribution in [0.25, 0.3) is 0 Å². The maximum absolute atomic E-state index is 14.6. The van der Waals surface area contributed by atoms with E-state index in [9.17, 15) is 28.2 Å². The molecule has 2 fully saturated rings.